The lowest BCUT2D eigenvalue weighted by Gasteiger charge is -2.20. The Morgan fingerprint density at radius 1 is 1.46 bits per heavy atom. The second-order valence-electron chi connectivity index (χ2n) is 2.97. The molecule has 0 spiro atoms. The topological polar surface area (TPSA) is 21.3 Å². The van der Waals surface area contributed by atoms with Crippen molar-refractivity contribution < 1.29 is 4.65 Å². The number of thioether (sulfide) groups is 2. The minimum Gasteiger partial charge on any atom is -0.427 e. The molecule has 0 atom stereocenters. The zero-order valence-corrected chi connectivity index (χ0v) is 9.76. The molecule has 1 fully saturated rings. The summed E-state index contributed by atoms with van der Waals surface area (Å²) in [5.74, 6) is 2.71. The largest absolute Gasteiger partial charge is 0.427 e. The molecule has 75 valence electrons. The quantitative estimate of drug-likeness (QED) is 0.541. The summed E-state index contributed by atoms with van der Waals surface area (Å²) in [6, 6.07) is 0. The molecule has 5 heteroatoms. The highest BCUT2D eigenvalue weighted by Gasteiger charge is 2.13. The maximum Gasteiger partial charge on any atom is 0.395 e. The van der Waals surface area contributed by atoms with Gasteiger partial charge in [-0.15, -0.1) is 23.5 Å². The van der Waals surface area contributed by atoms with Crippen LogP contribution in [0.4, 0.5) is 0 Å². The Morgan fingerprint density at radius 3 is 2.92 bits per heavy atom. The monoisotopic (exact) mass is 218 g/mol. The molecule has 0 aromatic heterocycles. The van der Waals surface area contributed by atoms with Gasteiger partial charge < -0.3 is 9.88 Å². The van der Waals surface area contributed by atoms with Gasteiger partial charge in [0.25, 0.3) is 0 Å². The first-order valence-electron chi connectivity index (χ1n) is 4.74. The van der Waals surface area contributed by atoms with E-state index in [0.717, 1.165) is 11.1 Å². The van der Waals surface area contributed by atoms with Gasteiger partial charge in [0.15, 0.2) is 0 Å². The van der Waals surface area contributed by atoms with Gasteiger partial charge in [0.1, 0.15) is 0 Å². The molecular weight excluding hydrogens is 201 g/mol. The fourth-order valence-corrected chi connectivity index (χ4v) is 4.18. The molecule has 1 N–H and O–H groups in total. The molecule has 13 heavy (non-hydrogen) atoms. The third kappa shape index (κ3) is 5.89. The molecular formula is C8H17BNOS2. The molecule has 0 aromatic carbocycles. The van der Waals surface area contributed by atoms with Crippen LogP contribution in [0.2, 0.25) is 0 Å². The van der Waals surface area contributed by atoms with E-state index in [2.05, 4.69) is 28.8 Å². The van der Waals surface area contributed by atoms with Gasteiger partial charge in [0.05, 0.1) is 4.58 Å². The molecule has 1 radical (unpaired) electrons. The van der Waals surface area contributed by atoms with Crippen molar-refractivity contribution >= 4 is 31.1 Å². The number of nitrogens with one attached hydrogen (secondary N) is 1. The summed E-state index contributed by atoms with van der Waals surface area (Å²) in [4.78, 5) is 0. The van der Waals surface area contributed by atoms with Crippen molar-refractivity contribution in [3.8, 4) is 0 Å². The molecule has 1 heterocycles. The third-order valence-electron chi connectivity index (χ3n) is 1.86. The van der Waals surface area contributed by atoms with Gasteiger partial charge in [-0.3, -0.25) is 0 Å². The lowest BCUT2D eigenvalue weighted by atomic mass is 10.2. The Labute approximate surface area is 90.2 Å². The van der Waals surface area contributed by atoms with Gasteiger partial charge >= 0.3 is 7.62 Å². The fourth-order valence-electron chi connectivity index (χ4n) is 1.22. The highest BCUT2D eigenvalue weighted by Crippen LogP contribution is 2.33. The Balaban J connectivity index is 1.86. The van der Waals surface area contributed by atoms with Crippen molar-refractivity contribution in [2.45, 2.75) is 23.8 Å². The first-order valence-corrected chi connectivity index (χ1v) is 6.84. The lowest BCUT2D eigenvalue weighted by Crippen LogP contribution is -2.22. The van der Waals surface area contributed by atoms with Crippen LogP contribution in [0, 0.1) is 0 Å². The van der Waals surface area contributed by atoms with E-state index in [1.165, 1.54) is 30.8 Å². The predicted molar refractivity (Wildman–Crippen MR) is 63.3 cm³/mol. The summed E-state index contributed by atoms with van der Waals surface area (Å²) < 4.78 is 5.63. The van der Waals surface area contributed by atoms with Crippen LogP contribution in [0.1, 0.15) is 19.3 Å². The van der Waals surface area contributed by atoms with E-state index in [0.29, 0.717) is 0 Å². The third-order valence-corrected chi connectivity index (χ3v) is 4.94. The summed E-state index contributed by atoms with van der Waals surface area (Å²) >= 11 is 4.24. The van der Waals surface area contributed by atoms with E-state index in [1.807, 2.05) is 0 Å². The molecule has 1 rings (SSSR count). The van der Waals surface area contributed by atoms with Crippen LogP contribution in [0.3, 0.4) is 0 Å². The number of hydrogen-bond donors (Lipinski definition) is 1. The SMILES string of the molecule is CO[B]NCCCC1SCCCS1. The van der Waals surface area contributed by atoms with Crippen molar-refractivity contribution in [2.24, 2.45) is 0 Å². The average molecular weight is 218 g/mol. The lowest BCUT2D eigenvalue weighted by molar-refractivity contribution is 0.430. The molecule has 0 saturated carbocycles. The normalized spacial score (nSPS) is 18.8. The molecule has 1 aliphatic rings. The highest BCUT2D eigenvalue weighted by atomic mass is 32.2. The van der Waals surface area contributed by atoms with E-state index in [4.69, 9.17) is 4.65 Å². The van der Waals surface area contributed by atoms with Gasteiger partial charge in [-0.25, -0.2) is 0 Å². The summed E-state index contributed by atoms with van der Waals surface area (Å²) in [6.45, 7) is 1.03. The van der Waals surface area contributed by atoms with Crippen molar-refractivity contribution in [3.05, 3.63) is 0 Å². The van der Waals surface area contributed by atoms with E-state index in [9.17, 15) is 0 Å². The van der Waals surface area contributed by atoms with Crippen LogP contribution in [-0.2, 0) is 4.65 Å². The Morgan fingerprint density at radius 2 is 2.23 bits per heavy atom. The number of rotatable bonds is 6. The zero-order chi connectivity index (χ0) is 9.36. The van der Waals surface area contributed by atoms with Crippen molar-refractivity contribution in [1.29, 1.82) is 0 Å². The van der Waals surface area contributed by atoms with Crippen LogP contribution < -0.4 is 5.23 Å². The minimum atomic E-state index is 0.845. The minimum absolute atomic E-state index is 0.845. The van der Waals surface area contributed by atoms with Crippen LogP contribution >= 0.6 is 23.5 Å². The van der Waals surface area contributed by atoms with Gasteiger partial charge in [0, 0.05) is 7.11 Å². The molecule has 0 amide bonds. The summed E-state index contributed by atoms with van der Waals surface area (Å²) in [5.41, 5.74) is 0. The second-order valence-corrected chi connectivity index (χ2v) is 5.89. The van der Waals surface area contributed by atoms with Gasteiger partial charge in [-0.05, 0) is 37.3 Å². The predicted octanol–water partition coefficient (Wildman–Crippen LogP) is 1.73. The first kappa shape index (κ1) is 11.8. The van der Waals surface area contributed by atoms with Crippen LogP contribution in [0.5, 0.6) is 0 Å². The van der Waals surface area contributed by atoms with Gasteiger partial charge in [0.2, 0.25) is 0 Å². The van der Waals surface area contributed by atoms with Gasteiger partial charge in [-0.2, -0.15) is 0 Å². The summed E-state index contributed by atoms with van der Waals surface area (Å²) in [7, 11) is 3.32. The average Bonchev–Trinajstić information content (AvgIpc) is 2.19. The van der Waals surface area contributed by atoms with Crippen molar-refractivity contribution in [2.75, 3.05) is 25.2 Å². The van der Waals surface area contributed by atoms with Crippen LogP contribution in [0.25, 0.3) is 0 Å². The molecule has 2 nitrogen and oxygen atoms in total. The van der Waals surface area contributed by atoms with E-state index in [1.54, 1.807) is 14.7 Å². The molecule has 0 bridgehead atoms. The second kappa shape index (κ2) is 8.03. The molecule has 0 unspecified atom stereocenters. The van der Waals surface area contributed by atoms with E-state index >= 15 is 0 Å². The van der Waals surface area contributed by atoms with Gasteiger partial charge in [-0.1, -0.05) is 0 Å². The summed E-state index contributed by atoms with van der Waals surface area (Å²) in [5, 5.41) is 3.11. The zero-order valence-electron chi connectivity index (χ0n) is 8.12. The van der Waals surface area contributed by atoms with E-state index < -0.39 is 0 Å². The Kier molecular flexibility index (Phi) is 7.26. The first-order chi connectivity index (χ1) is 6.43. The van der Waals surface area contributed by atoms with E-state index in [-0.39, 0.29) is 0 Å². The Hall–Kier alpha value is 0.685. The Bertz CT molecular complexity index is 123. The highest BCUT2D eigenvalue weighted by molar-refractivity contribution is 8.17. The van der Waals surface area contributed by atoms with Crippen molar-refractivity contribution in [3.63, 3.8) is 0 Å². The van der Waals surface area contributed by atoms with Crippen molar-refractivity contribution in [1.82, 2.24) is 5.23 Å². The smallest absolute Gasteiger partial charge is 0.395 e. The van der Waals surface area contributed by atoms with Crippen LogP contribution in [-0.4, -0.2) is 37.4 Å². The molecule has 1 saturated heterocycles. The maximum absolute atomic E-state index is 4.79. The molecule has 0 aliphatic carbocycles. The standard InChI is InChI=1S/C8H17BNOS2/c1-11-9-10-5-2-4-8-12-6-3-7-13-8/h8,10H,2-7H2,1H3. The molecule has 1 aliphatic heterocycles. The maximum atomic E-state index is 4.79. The summed E-state index contributed by atoms with van der Waals surface area (Å²) in [6.07, 6.45) is 3.95. The fraction of sp³-hybridized carbons (Fsp3) is 1.00. The number of hydrogen-bond acceptors (Lipinski definition) is 4. The molecule has 0 aromatic rings. The van der Waals surface area contributed by atoms with Crippen LogP contribution in [0.15, 0.2) is 0 Å².